The highest BCUT2D eigenvalue weighted by atomic mass is 35.5. The second-order valence-electron chi connectivity index (χ2n) is 12.6. The van der Waals surface area contributed by atoms with Crippen LogP contribution in [0.2, 0.25) is 5.02 Å². The fraction of sp³-hybridized carbons (Fsp3) is 0.270. The van der Waals surface area contributed by atoms with Crippen molar-refractivity contribution in [3.63, 3.8) is 0 Å². The van der Waals surface area contributed by atoms with Crippen LogP contribution in [0.25, 0.3) is 16.6 Å². The second kappa shape index (κ2) is 13.6. The van der Waals surface area contributed by atoms with Gasteiger partial charge in [0, 0.05) is 47.6 Å². The molecule has 0 radical (unpaired) electrons. The number of carbonyl (C=O) groups is 2. The normalized spacial score (nSPS) is 20.0. The highest BCUT2D eigenvalue weighted by molar-refractivity contribution is 6.30. The summed E-state index contributed by atoms with van der Waals surface area (Å²) in [4.78, 5) is 40.7. The van der Waals surface area contributed by atoms with E-state index in [0.717, 1.165) is 60.7 Å². The largest absolute Gasteiger partial charge is 0.473 e. The summed E-state index contributed by atoms with van der Waals surface area (Å²) in [6.07, 6.45) is 9.17. The summed E-state index contributed by atoms with van der Waals surface area (Å²) in [6, 6.07) is 15.2. The van der Waals surface area contributed by atoms with Crippen LogP contribution >= 0.6 is 11.6 Å². The van der Waals surface area contributed by atoms with Gasteiger partial charge in [0.05, 0.1) is 47.7 Å². The maximum absolute atomic E-state index is 14.2. The Bertz CT molecular complexity index is 2140. The maximum atomic E-state index is 14.2. The number of fused-ring (bicyclic) bond motifs is 2. The van der Waals surface area contributed by atoms with Gasteiger partial charge < -0.3 is 24.7 Å². The van der Waals surface area contributed by atoms with Gasteiger partial charge in [-0.2, -0.15) is 4.99 Å². The van der Waals surface area contributed by atoms with Gasteiger partial charge >= 0.3 is 6.03 Å². The van der Waals surface area contributed by atoms with Gasteiger partial charge in [-0.05, 0) is 60.9 Å². The molecule has 1 aliphatic carbocycles. The summed E-state index contributed by atoms with van der Waals surface area (Å²) in [5.41, 5.74) is 5.74. The van der Waals surface area contributed by atoms with Crippen LogP contribution in [0.3, 0.4) is 0 Å². The van der Waals surface area contributed by atoms with Gasteiger partial charge in [-0.25, -0.2) is 19.2 Å². The van der Waals surface area contributed by atoms with Crippen LogP contribution in [-0.4, -0.2) is 68.9 Å². The maximum Gasteiger partial charge on any atom is 0.342 e. The van der Waals surface area contributed by atoms with E-state index in [0.29, 0.717) is 46.5 Å². The quantitative estimate of drug-likeness (QED) is 0.214. The first-order valence-corrected chi connectivity index (χ1v) is 16.9. The van der Waals surface area contributed by atoms with E-state index in [-0.39, 0.29) is 24.7 Å². The van der Waals surface area contributed by atoms with E-state index in [1.165, 1.54) is 6.07 Å². The van der Waals surface area contributed by atoms with E-state index in [1.807, 2.05) is 30.3 Å². The number of rotatable bonds is 10. The lowest BCUT2D eigenvalue weighted by atomic mass is 10.0. The highest BCUT2D eigenvalue weighted by Crippen LogP contribution is 2.28. The smallest absolute Gasteiger partial charge is 0.342 e. The molecule has 1 fully saturated rings. The van der Waals surface area contributed by atoms with Crippen molar-refractivity contribution < 1.29 is 23.5 Å². The minimum absolute atomic E-state index is 0.0556. The zero-order valence-corrected chi connectivity index (χ0v) is 27.7. The van der Waals surface area contributed by atoms with Crippen LogP contribution in [0, 0.1) is 5.82 Å². The summed E-state index contributed by atoms with van der Waals surface area (Å²) in [5.74, 6) is 0.665. The zero-order valence-electron chi connectivity index (χ0n) is 26.9. The van der Waals surface area contributed by atoms with Crippen LogP contribution in [0.1, 0.15) is 29.9 Å². The van der Waals surface area contributed by atoms with Crippen molar-refractivity contribution in [2.24, 2.45) is 4.99 Å². The van der Waals surface area contributed by atoms with Crippen molar-refractivity contribution in [3.8, 4) is 5.88 Å². The van der Waals surface area contributed by atoms with Gasteiger partial charge in [0.2, 0.25) is 5.88 Å². The van der Waals surface area contributed by atoms with Crippen molar-refractivity contribution in [1.82, 2.24) is 24.8 Å². The van der Waals surface area contributed by atoms with Crippen LogP contribution in [0.5, 0.6) is 5.88 Å². The van der Waals surface area contributed by atoms with Gasteiger partial charge in [-0.1, -0.05) is 42.0 Å². The third kappa shape index (κ3) is 6.82. The number of anilines is 1. The van der Waals surface area contributed by atoms with Gasteiger partial charge in [0.25, 0.3) is 5.91 Å². The number of aliphatic imine (C=N–C) groups is 1. The molecule has 50 heavy (non-hydrogen) atoms. The van der Waals surface area contributed by atoms with Crippen molar-refractivity contribution in [3.05, 3.63) is 112 Å². The molecule has 254 valence electrons. The molecule has 3 aliphatic heterocycles. The summed E-state index contributed by atoms with van der Waals surface area (Å²) in [7, 11) is 0. The molecule has 13 heteroatoms. The average Bonchev–Trinajstić information content (AvgIpc) is 3.64. The predicted octanol–water partition coefficient (Wildman–Crippen LogP) is 5.85. The Kier molecular flexibility index (Phi) is 8.73. The fourth-order valence-electron chi connectivity index (χ4n) is 6.41. The number of amides is 3. The molecule has 2 aromatic heterocycles. The molecular formula is C37H33ClFN7O4. The van der Waals surface area contributed by atoms with Gasteiger partial charge in [0.1, 0.15) is 18.2 Å². The Balaban J connectivity index is 0.956. The zero-order chi connectivity index (χ0) is 34.2. The number of nitrogens with zero attached hydrogens (tertiary/aromatic N) is 5. The van der Waals surface area contributed by atoms with E-state index in [4.69, 9.17) is 26.1 Å². The van der Waals surface area contributed by atoms with Crippen LogP contribution in [0.15, 0.2) is 89.5 Å². The summed E-state index contributed by atoms with van der Waals surface area (Å²) in [5, 5.41) is 6.05. The molecule has 3 amide bonds. The van der Waals surface area contributed by atoms with Crippen molar-refractivity contribution in [2.75, 3.05) is 25.0 Å². The fourth-order valence-corrected chi connectivity index (χ4v) is 6.56. The number of pyridine rings is 1. The van der Waals surface area contributed by atoms with Crippen molar-refractivity contribution in [1.29, 1.82) is 0 Å². The van der Waals surface area contributed by atoms with Crippen molar-refractivity contribution in [2.45, 2.75) is 44.7 Å². The van der Waals surface area contributed by atoms with Crippen LogP contribution < -0.4 is 15.4 Å². The number of ether oxygens (including phenoxy) is 2. The molecule has 11 nitrogen and oxygen atoms in total. The van der Waals surface area contributed by atoms with E-state index in [2.05, 4.69) is 36.2 Å². The molecule has 2 N–H and O–H groups in total. The standard InChI is InChI=1S/C37H33ClFN7O4/c38-25-6-4-24(28(39)17-25)21-50-35-3-1-2-29(42-35)22-10-13-45(14-11-22)20-34-41-31-9-7-26(18-33(31)46(34)19-27-12-15-49-27)40-36(47)23-5-8-30-32(16-23)44-37(48)43-30/h1-10,16-18,27,30H,11-15,19-21H2,(H,40,47)(H,43,48)/t27-,30?/m0/s1. The topological polar surface area (TPSA) is 123 Å². The average molecular weight is 694 g/mol. The van der Waals surface area contributed by atoms with E-state index >= 15 is 0 Å². The first-order valence-electron chi connectivity index (χ1n) is 16.5. The van der Waals surface area contributed by atoms with Gasteiger partial charge in [0.15, 0.2) is 0 Å². The molecule has 1 saturated heterocycles. The molecule has 4 aliphatic rings. The number of urea groups is 1. The number of hydrogen-bond donors (Lipinski definition) is 2. The Labute approximate surface area is 292 Å². The Morgan fingerprint density at radius 3 is 2.86 bits per heavy atom. The van der Waals surface area contributed by atoms with Crippen molar-refractivity contribution >= 4 is 51.5 Å². The predicted molar refractivity (Wildman–Crippen MR) is 188 cm³/mol. The number of imidazole rings is 1. The van der Waals surface area contributed by atoms with Gasteiger partial charge in [-0.3, -0.25) is 9.69 Å². The molecule has 2 atom stereocenters. The number of halogens is 2. The van der Waals surface area contributed by atoms with E-state index in [9.17, 15) is 14.0 Å². The van der Waals surface area contributed by atoms with Gasteiger partial charge in [-0.15, -0.1) is 0 Å². The summed E-state index contributed by atoms with van der Waals surface area (Å²) < 4.78 is 28.0. The lowest BCUT2D eigenvalue weighted by molar-refractivity contribution is -0.112. The molecule has 2 aromatic carbocycles. The molecule has 0 bridgehead atoms. The third-order valence-electron chi connectivity index (χ3n) is 9.23. The SMILES string of the molecule is O=C1N=C2C=C(C(=O)Nc3ccc4nc(CN5CC=C(c6cccc(OCc7ccc(Cl)cc7F)n6)CC5)n(C[C@@H]5CCO5)c4c3)C=CC2N1. The second-order valence-corrected chi connectivity index (χ2v) is 13.0. The number of carbonyl (C=O) groups excluding carboxylic acids is 2. The Morgan fingerprint density at radius 2 is 2.06 bits per heavy atom. The molecular weight excluding hydrogens is 661 g/mol. The monoisotopic (exact) mass is 693 g/mol. The molecule has 5 heterocycles. The number of benzene rings is 2. The van der Waals surface area contributed by atoms with Crippen LogP contribution in [-0.2, 0) is 29.2 Å². The molecule has 8 rings (SSSR count). The molecule has 1 unspecified atom stereocenters. The first kappa shape index (κ1) is 32.1. The Hall–Kier alpha value is -5.17. The number of nitrogens with one attached hydrogen (secondary N) is 2. The molecule has 0 saturated carbocycles. The third-order valence-corrected chi connectivity index (χ3v) is 9.46. The Morgan fingerprint density at radius 1 is 1.16 bits per heavy atom. The number of aromatic nitrogens is 3. The lowest BCUT2D eigenvalue weighted by Crippen LogP contribution is -2.33. The van der Waals surface area contributed by atoms with E-state index in [1.54, 1.807) is 36.4 Å². The summed E-state index contributed by atoms with van der Waals surface area (Å²) in [6.45, 7) is 3.66. The number of hydrogen-bond acceptors (Lipinski definition) is 7. The first-order chi connectivity index (χ1) is 24.3. The summed E-state index contributed by atoms with van der Waals surface area (Å²) >= 11 is 5.87. The van der Waals surface area contributed by atoms with Crippen LogP contribution in [0.4, 0.5) is 14.9 Å². The lowest BCUT2D eigenvalue weighted by Gasteiger charge is -2.29. The minimum atomic E-state index is -0.411. The molecule has 0 spiro atoms. The minimum Gasteiger partial charge on any atom is -0.473 e. The van der Waals surface area contributed by atoms with E-state index < -0.39 is 11.8 Å². The highest BCUT2D eigenvalue weighted by Gasteiger charge is 2.27. The molecule has 4 aromatic rings.